The van der Waals surface area contributed by atoms with Gasteiger partial charge in [0.1, 0.15) is 0 Å². The third-order valence-electron chi connectivity index (χ3n) is 3.63. The van der Waals surface area contributed by atoms with E-state index in [1.807, 2.05) is 30.3 Å². The molecule has 1 aromatic heterocycles. The standard InChI is InChI=1S/C18H14Br2N4O3/c1-10(11-2-4-12(19)5-3-11)24-27-9-16(25)22-23-17-14-8-13(20)6-7-15(14)21-18(17)26/h2-8,21,26H,9H2,1H3/b23-22?,24-10-. The number of aromatic nitrogens is 1. The molecule has 3 rings (SSSR count). The van der Waals surface area contributed by atoms with Crippen molar-refractivity contribution < 1.29 is 14.7 Å². The molecule has 2 aromatic carbocycles. The van der Waals surface area contributed by atoms with E-state index in [9.17, 15) is 9.90 Å². The van der Waals surface area contributed by atoms with Crippen molar-refractivity contribution in [3.63, 3.8) is 0 Å². The van der Waals surface area contributed by atoms with Crippen LogP contribution in [0.3, 0.4) is 0 Å². The fraction of sp³-hybridized carbons (Fsp3) is 0.111. The Hall–Kier alpha value is -2.52. The number of hydrogen-bond acceptors (Lipinski definition) is 5. The average Bonchev–Trinajstić information content (AvgIpc) is 2.95. The van der Waals surface area contributed by atoms with Crippen molar-refractivity contribution in [1.29, 1.82) is 0 Å². The molecule has 0 atom stereocenters. The first-order valence-electron chi connectivity index (χ1n) is 7.81. The van der Waals surface area contributed by atoms with E-state index >= 15 is 0 Å². The van der Waals surface area contributed by atoms with Gasteiger partial charge in [-0.15, -0.1) is 10.2 Å². The molecule has 0 aliphatic rings. The minimum Gasteiger partial charge on any atom is -0.493 e. The molecule has 1 amide bonds. The lowest BCUT2D eigenvalue weighted by atomic mass is 10.1. The maximum Gasteiger partial charge on any atom is 0.304 e. The lowest BCUT2D eigenvalue weighted by Gasteiger charge is -2.01. The molecule has 7 nitrogen and oxygen atoms in total. The molecular formula is C18H14Br2N4O3. The number of oxime groups is 1. The van der Waals surface area contributed by atoms with E-state index in [1.54, 1.807) is 19.1 Å². The number of amides is 1. The number of azo groups is 1. The fourth-order valence-corrected chi connectivity index (χ4v) is 2.93. The van der Waals surface area contributed by atoms with E-state index in [4.69, 9.17) is 4.84 Å². The molecular weight excluding hydrogens is 480 g/mol. The van der Waals surface area contributed by atoms with Gasteiger partial charge in [-0.05, 0) is 42.8 Å². The molecule has 0 saturated heterocycles. The molecule has 0 aliphatic carbocycles. The predicted molar refractivity (Wildman–Crippen MR) is 109 cm³/mol. The highest BCUT2D eigenvalue weighted by atomic mass is 79.9. The molecule has 2 N–H and O–H groups in total. The second-order valence-electron chi connectivity index (χ2n) is 5.56. The van der Waals surface area contributed by atoms with Crippen molar-refractivity contribution >= 4 is 60.1 Å². The summed E-state index contributed by atoms with van der Waals surface area (Å²) in [6.45, 7) is 1.42. The van der Waals surface area contributed by atoms with Crippen LogP contribution in [0.15, 0.2) is 66.8 Å². The zero-order chi connectivity index (χ0) is 19.4. The number of aromatic amines is 1. The van der Waals surface area contributed by atoms with Crippen LogP contribution in [0.25, 0.3) is 10.9 Å². The predicted octanol–water partition coefficient (Wildman–Crippen LogP) is 5.45. The highest BCUT2D eigenvalue weighted by Gasteiger charge is 2.11. The second-order valence-corrected chi connectivity index (χ2v) is 7.39. The van der Waals surface area contributed by atoms with E-state index in [0.717, 1.165) is 14.5 Å². The summed E-state index contributed by atoms with van der Waals surface area (Å²) < 4.78 is 1.78. The number of hydrogen-bond donors (Lipinski definition) is 2. The third-order valence-corrected chi connectivity index (χ3v) is 4.65. The molecule has 0 unspecified atom stereocenters. The van der Waals surface area contributed by atoms with E-state index in [-0.39, 0.29) is 18.2 Å². The molecule has 9 heteroatoms. The fourth-order valence-electron chi connectivity index (χ4n) is 2.30. The minimum atomic E-state index is -0.619. The van der Waals surface area contributed by atoms with Gasteiger partial charge >= 0.3 is 5.91 Å². The molecule has 3 aromatic rings. The monoisotopic (exact) mass is 492 g/mol. The zero-order valence-electron chi connectivity index (χ0n) is 14.1. The Morgan fingerprint density at radius 2 is 1.85 bits per heavy atom. The first-order chi connectivity index (χ1) is 12.9. The number of H-pyrrole nitrogens is 1. The molecule has 0 bridgehead atoms. The van der Waals surface area contributed by atoms with Gasteiger partial charge < -0.3 is 14.9 Å². The van der Waals surface area contributed by atoms with Crippen molar-refractivity contribution in [1.82, 2.24) is 4.98 Å². The quantitative estimate of drug-likeness (QED) is 0.281. The number of carbonyl (C=O) groups excluding carboxylic acids is 1. The van der Waals surface area contributed by atoms with Gasteiger partial charge in [0, 0.05) is 14.3 Å². The van der Waals surface area contributed by atoms with Crippen molar-refractivity contribution in [3.05, 3.63) is 57.0 Å². The molecule has 0 fully saturated rings. The zero-order valence-corrected chi connectivity index (χ0v) is 17.3. The highest BCUT2D eigenvalue weighted by molar-refractivity contribution is 9.10. The number of halogens is 2. The average molecular weight is 494 g/mol. The van der Waals surface area contributed by atoms with Gasteiger partial charge in [0.05, 0.1) is 11.2 Å². The Morgan fingerprint density at radius 1 is 1.15 bits per heavy atom. The van der Waals surface area contributed by atoms with Crippen molar-refractivity contribution in [3.8, 4) is 5.88 Å². The highest BCUT2D eigenvalue weighted by Crippen LogP contribution is 2.36. The van der Waals surface area contributed by atoms with Crippen LogP contribution in [-0.4, -0.2) is 28.3 Å². The van der Waals surface area contributed by atoms with Crippen LogP contribution >= 0.6 is 31.9 Å². The smallest absolute Gasteiger partial charge is 0.304 e. The van der Waals surface area contributed by atoms with E-state index in [2.05, 4.69) is 52.2 Å². The third kappa shape index (κ3) is 4.81. The van der Waals surface area contributed by atoms with Crippen molar-refractivity contribution in [2.24, 2.45) is 15.4 Å². The van der Waals surface area contributed by atoms with Crippen molar-refractivity contribution in [2.75, 3.05) is 6.61 Å². The number of aromatic hydroxyl groups is 1. The molecule has 0 radical (unpaired) electrons. The second kappa shape index (κ2) is 8.45. The summed E-state index contributed by atoms with van der Waals surface area (Å²) in [6.07, 6.45) is 0. The number of fused-ring (bicyclic) bond motifs is 1. The van der Waals surface area contributed by atoms with E-state index in [1.165, 1.54) is 0 Å². The lowest BCUT2D eigenvalue weighted by molar-refractivity contribution is -0.122. The maximum atomic E-state index is 11.9. The largest absolute Gasteiger partial charge is 0.493 e. The summed E-state index contributed by atoms with van der Waals surface area (Å²) in [7, 11) is 0. The minimum absolute atomic E-state index is 0.162. The summed E-state index contributed by atoms with van der Waals surface area (Å²) in [6, 6.07) is 12.9. The summed E-state index contributed by atoms with van der Waals surface area (Å²) >= 11 is 6.72. The van der Waals surface area contributed by atoms with Crippen LogP contribution in [0.5, 0.6) is 5.88 Å². The van der Waals surface area contributed by atoms with Crippen LogP contribution in [0.1, 0.15) is 12.5 Å². The van der Waals surface area contributed by atoms with E-state index in [0.29, 0.717) is 16.6 Å². The van der Waals surface area contributed by atoms with Gasteiger partial charge in [-0.25, -0.2) is 0 Å². The maximum absolute atomic E-state index is 11.9. The SMILES string of the molecule is C/C(=N/OCC(=O)N=Nc1c(O)[nH]c2ccc(Br)cc12)c1ccc(Br)cc1. The van der Waals surface area contributed by atoms with Gasteiger partial charge in [-0.2, -0.15) is 0 Å². The van der Waals surface area contributed by atoms with Gasteiger partial charge in [0.15, 0.2) is 12.3 Å². The Labute approximate surface area is 171 Å². The van der Waals surface area contributed by atoms with Gasteiger partial charge in [0.25, 0.3) is 0 Å². The lowest BCUT2D eigenvalue weighted by Crippen LogP contribution is -2.04. The topological polar surface area (TPSA) is 99.4 Å². The number of nitrogens with one attached hydrogen (secondary N) is 1. The van der Waals surface area contributed by atoms with Crippen molar-refractivity contribution in [2.45, 2.75) is 6.92 Å². The van der Waals surface area contributed by atoms with Crippen LogP contribution < -0.4 is 0 Å². The summed E-state index contributed by atoms with van der Waals surface area (Å²) in [5, 5.41) is 21.9. The number of carbonyl (C=O) groups is 1. The summed E-state index contributed by atoms with van der Waals surface area (Å²) in [5.41, 5.74) is 2.38. The number of rotatable bonds is 5. The molecule has 0 aliphatic heterocycles. The molecule has 27 heavy (non-hydrogen) atoms. The molecule has 1 heterocycles. The first-order valence-corrected chi connectivity index (χ1v) is 9.40. The van der Waals surface area contributed by atoms with Gasteiger partial charge in [0.2, 0.25) is 5.88 Å². The van der Waals surface area contributed by atoms with Gasteiger partial charge in [-0.1, -0.05) is 49.1 Å². The van der Waals surface area contributed by atoms with Gasteiger partial charge in [-0.3, -0.25) is 4.79 Å². The normalized spacial score (nSPS) is 12.0. The van der Waals surface area contributed by atoms with Crippen LogP contribution in [0, 0.1) is 0 Å². The Morgan fingerprint density at radius 3 is 2.59 bits per heavy atom. The molecule has 138 valence electrons. The molecule has 0 saturated carbocycles. The number of benzene rings is 2. The summed E-state index contributed by atoms with van der Waals surface area (Å²) in [4.78, 5) is 19.7. The Balaban J connectivity index is 1.64. The first kappa shape index (κ1) is 19.2. The van der Waals surface area contributed by atoms with Crippen LogP contribution in [0.4, 0.5) is 5.69 Å². The Kier molecular flexibility index (Phi) is 6.02. The number of nitrogens with zero attached hydrogens (tertiary/aromatic N) is 3. The van der Waals surface area contributed by atoms with E-state index < -0.39 is 5.91 Å². The van der Waals surface area contributed by atoms with Crippen LogP contribution in [-0.2, 0) is 9.63 Å². The van der Waals surface area contributed by atoms with Crippen LogP contribution in [0.2, 0.25) is 0 Å². The summed E-state index contributed by atoms with van der Waals surface area (Å²) in [5.74, 6) is -0.782. The molecule has 0 spiro atoms. The Bertz CT molecular complexity index is 1040.